The van der Waals surface area contributed by atoms with Crippen LogP contribution >= 0.6 is 0 Å². The van der Waals surface area contributed by atoms with Crippen LogP contribution in [0, 0.1) is 6.92 Å². The number of imidazole rings is 1. The van der Waals surface area contributed by atoms with Crippen molar-refractivity contribution in [2.75, 3.05) is 12.4 Å². The fourth-order valence-electron chi connectivity index (χ4n) is 3.33. The molecule has 10 nitrogen and oxygen atoms in total. The first-order valence-electron chi connectivity index (χ1n) is 9.89. The fraction of sp³-hybridized carbons (Fsp3) is 0.143. The number of hydrogen-bond acceptors (Lipinski definition) is 8. The molecule has 0 saturated heterocycles. The largest absolute Gasteiger partial charge is 0.494 e. The molecule has 0 atom stereocenters. The monoisotopic (exact) mass is 467 g/mol. The van der Waals surface area contributed by atoms with Gasteiger partial charge in [-0.05, 0) is 25.1 Å². The van der Waals surface area contributed by atoms with E-state index in [-0.39, 0.29) is 23.1 Å². The third-order valence-corrected chi connectivity index (χ3v) is 4.85. The second-order valence-electron chi connectivity index (χ2n) is 7.20. The molecule has 1 aromatic carbocycles. The lowest BCUT2D eigenvalue weighted by atomic mass is 10.2. The summed E-state index contributed by atoms with van der Waals surface area (Å²) in [5, 5.41) is 7.27. The Balaban J connectivity index is 1.55. The zero-order chi connectivity index (χ0) is 23.9. The van der Waals surface area contributed by atoms with Gasteiger partial charge in [0, 0.05) is 30.3 Å². The first kappa shape index (κ1) is 21.3. The van der Waals surface area contributed by atoms with Gasteiger partial charge in [0.25, 0.3) is 5.78 Å². The molecule has 0 aliphatic rings. The Morgan fingerprint density at radius 3 is 2.59 bits per heavy atom. The van der Waals surface area contributed by atoms with Gasteiger partial charge >= 0.3 is 6.18 Å². The van der Waals surface area contributed by atoms with Gasteiger partial charge in [0.1, 0.15) is 11.4 Å². The van der Waals surface area contributed by atoms with Gasteiger partial charge in [-0.15, -0.1) is 5.10 Å². The summed E-state index contributed by atoms with van der Waals surface area (Å²) in [6.45, 7) is 1.88. The number of nitrogens with one attached hydrogen (secondary N) is 1. The van der Waals surface area contributed by atoms with Crippen LogP contribution in [0.5, 0.6) is 5.75 Å². The van der Waals surface area contributed by atoms with Gasteiger partial charge < -0.3 is 14.6 Å². The zero-order valence-corrected chi connectivity index (χ0v) is 17.8. The summed E-state index contributed by atoms with van der Waals surface area (Å²) >= 11 is 0. The molecule has 172 valence electrons. The van der Waals surface area contributed by atoms with Gasteiger partial charge in [0.15, 0.2) is 5.69 Å². The van der Waals surface area contributed by atoms with Gasteiger partial charge in [0.2, 0.25) is 5.95 Å². The predicted octanol–water partition coefficient (Wildman–Crippen LogP) is 3.85. The van der Waals surface area contributed by atoms with E-state index in [1.54, 1.807) is 18.5 Å². The molecule has 0 bridgehead atoms. The molecule has 0 radical (unpaired) electrons. The maximum Gasteiger partial charge on any atom is 0.433 e. The average Bonchev–Trinajstić information content (AvgIpc) is 3.43. The fourth-order valence-corrected chi connectivity index (χ4v) is 3.33. The van der Waals surface area contributed by atoms with Crippen molar-refractivity contribution in [3.05, 3.63) is 66.8 Å². The Morgan fingerprint density at radius 1 is 1.06 bits per heavy atom. The van der Waals surface area contributed by atoms with Crippen molar-refractivity contribution < 1.29 is 17.9 Å². The quantitative estimate of drug-likeness (QED) is 0.415. The van der Waals surface area contributed by atoms with Crippen molar-refractivity contribution in [3.8, 4) is 22.8 Å². The number of hydrogen-bond donors (Lipinski definition) is 1. The molecule has 1 N–H and O–H groups in total. The van der Waals surface area contributed by atoms with Crippen LogP contribution in [0.4, 0.5) is 24.8 Å². The number of halogens is 3. The zero-order valence-electron chi connectivity index (χ0n) is 17.8. The van der Waals surface area contributed by atoms with E-state index in [0.717, 1.165) is 17.4 Å². The molecule has 0 spiro atoms. The summed E-state index contributed by atoms with van der Waals surface area (Å²) in [5.41, 5.74) is 1.31. The standard InChI is InChI=1S/C21H16F3N9O/c1-12-10-32(11-27-12)15-4-3-13(7-17(15)34-2)28-19-30-20-29-18(21(22,23)24)8-16(33(20)31-19)14-9-25-5-6-26-14/h3-11H,1-2H3,(H,28,31). The van der Waals surface area contributed by atoms with Crippen molar-refractivity contribution in [2.24, 2.45) is 0 Å². The highest BCUT2D eigenvalue weighted by Gasteiger charge is 2.34. The van der Waals surface area contributed by atoms with Crippen LogP contribution in [0.2, 0.25) is 0 Å². The van der Waals surface area contributed by atoms with Crippen LogP contribution in [-0.2, 0) is 6.18 Å². The normalized spacial score (nSPS) is 11.7. The van der Waals surface area contributed by atoms with Gasteiger partial charge in [0.05, 0.1) is 36.7 Å². The van der Waals surface area contributed by atoms with E-state index in [1.807, 2.05) is 23.8 Å². The predicted molar refractivity (Wildman–Crippen MR) is 115 cm³/mol. The maximum absolute atomic E-state index is 13.4. The van der Waals surface area contributed by atoms with E-state index in [2.05, 4.69) is 35.3 Å². The Labute approximate surface area is 190 Å². The highest BCUT2D eigenvalue weighted by molar-refractivity contribution is 5.64. The number of anilines is 2. The lowest BCUT2D eigenvalue weighted by molar-refractivity contribution is -0.141. The third-order valence-electron chi connectivity index (χ3n) is 4.85. The SMILES string of the molecule is COc1cc(Nc2nc3nc(C(F)(F)F)cc(-c4cnccn4)n3n2)ccc1-n1cnc(C)c1. The number of nitrogens with zero attached hydrogens (tertiary/aromatic N) is 8. The molecule has 34 heavy (non-hydrogen) atoms. The van der Waals surface area contributed by atoms with E-state index in [1.165, 1.54) is 30.2 Å². The minimum absolute atomic E-state index is 0.0465. The first-order chi connectivity index (χ1) is 16.3. The number of aromatic nitrogens is 8. The molecule has 4 aromatic heterocycles. The number of methoxy groups -OCH3 is 1. The molecule has 0 aliphatic carbocycles. The summed E-state index contributed by atoms with van der Waals surface area (Å²) < 4.78 is 48.8. The van der Waals surface area contributed by atoms with E-state index in [0.29, 0.717) is 11.4 Å². The molecular formula is C21H16F3N9O. The molecule has 4 heterocycles. The maximum atomic E-state index is 13.4. The topological polar surface area (TPSA) is 108 Å². The summed E-state index contributed by atoms with van der Waals surface area (Å²) in [7, 11) is 1.53. The van der Waals surface area contributed by atoms with Gasteiger partial charge in [-0.1, -0.05) is 0 Å². The van der Waals surface area contributed by atoms with Crippen molar-refractivity contribution >= 4 is 17.4 Å². The van der Waals surface area contributed by atoms with E-state index < -0.39 is 11.9 Å². The van der Waals surface area contributed by atoms with Crippen LogP contribution in [0.3, 0.4) is 0 Å². The molecule has 0 amide bonds. The second kappa shape index (κ2) is 8.10. The molecule has 0 saturated carbocycles. The van der Waals surface area contributed by atoms with E-state index in [4.69, 9.17) is 4.74 Å². The third kappa shape index (κ3) is 3.98. The lowest BCUT2D eigenvalue weighted by Crippen LogP contribution is -2.11. The van der Waals surface area contributed by atoms with Crippen LogP contribution in [-0.4, -0.2) is 46.2 Å². The Morgan fingerprint density at radius 2 is 1.91 bits per heavy atom. The molecule has 5 rings (SSSR count). The lowest BCUT2D eigenvalue weighted by Gasteiger charge is -2.11. The highest BCUT2D eigenvalue weighted by Crippen LogP contribution is 2.32. The minimum atomic E-state index is -4.67. The Kier molecular flexibility index (Phi) is 5.07. The number of alkyl halides is 3. The minimum Gasteiger partial charge on any atom is -0.494 e. The van der Waals surface area contributed by atoms with E-state index >= 15 is 0 Å². The number of ether oxygens (including phenoxy) is 1. The summed E-state index contributed by atoms with van der Waals surface area (Å²) in [4.78, 5) is 20.0. The van der Waals surface area contributed by atoms with Crippen LogP contribution in [0.15, 0.2) is 55.4 Å². The molecule has 13 heteroatoms. The number of fused-ring (bicyclic) bond motifs is 1. The van der Waals surface area contributed by atoms with Gasteiger partial charge in [-0.3, -0.25) is 9.97 Å². The molecular weight excluding hydrogens is 451 g/mol. The smallest absolute Gasteiger partial charge is 0.433 e. The van der Waals surface area contributed by atoms with Crippen molar-refractivity contribution in [2.45, 2.75) is 13.1 Å². The Hall–Kier alpha value is -4.55. The first-order valence-corrected chi connectivity index (χ1v) is 9.89. The van der Waals surface area contributed by atoms with Gasteiger partial charge in [-0.25, -0.2) is 9.97 Å². The summed E-state index contributed by atoms with van der Waals surface area (Å²) in [6.07, 6.45) is 2.98. The number of aryl methyl sites for hydroxylation is 1. The molecule has 0 fully saturated rings. The van der Waals surface area contributed by atoms with Gasteiger partial charge in [-0.2, -0.15) is 22.7 Å². The van der Waals surface area contributed by atoms with Crippen molar-refractivity contribution in [1.29, 1.82) is 0 Å². The van der Waals surface area contributed by atoms with Crippen LogP contribution < -0.4 is 10.1 Å². The van der Waals surface area contributed by atoms with Crippen molar-refractivity contribution in [3.63, 3.8) is 0 Å². The highest BCUT2D eigenvalue weighted by atomic mass is 19.4. The Bertz CT molecular complexity index is 1480. The van der Waals surface area contributed by atoms with Crippen LogP contribution in [0.25, 0.3) is 22.9 Å². The molecule has 0 aliphatic heterocycles. The van der Waals surface area contributed by atoms with Crippen molar-refractivity contribution in [1.82, 2.24) is 39.1 Å². The number of benzene rings is 1. The average molecular weight is 467 g/mol. The molecule has 5 aromatic rings. The van der Waals surface area contributed by atoms with Crippen LogP contribution in [0.1, 0.15) is 11.4 Å². The van der Waals surface area contributed by atoms with E-state index in [9.17, 15) is 13.2 Å². The number of rotatable bonds is 5. The summed E-state index contributed by atoms with van der Waals surface area (Å²) in [5.74, 6) is 0.351. The summed E-state index contributed by atoms with van der Waals surface area (Å²) in [6, 6.07) is 6.15. The molecule has 0 unspecified atom stereocenters. The second-order valence-corrected chi connectivity index (χ2v) is 7.20.